The third-order valence-electron chi connectivity index (χ3n) is 5.31. The molecule has 0 spiro atoms. The molecule has 0 saturated heterocycles. The summed E-state index contributed by atoms with van der Waals surface area (Å²) in [5, 5.41) is 2.56. The topological polar surface area (TPSA) is 86.8 Å². The Kier molecular flexibility index (Phi) is 8.46. The van der Waals surface area contributed by atoms with Crippen molar-refractivity contribution in [3.05, 3.63) is 95.0 Å². The maximum absolute atomic E-state index is 13.6. The van der Waals surface area contributed by atoms with Gasteiger partial charge in [-0.25, -0.2) is 8.42 Å². The number of hydrogen-bond donors (Lipinski definition) is 1. The molecule has 0 saturated carbocycles. The monoisotopic (exact) mass is 543 g/mol. The minimum absolute atomic E-state index is 0.0737. The number of rotatable bonds is 9. The van der Waals surface area contributed by atoms with Crippen molar-refractivity contribution in [2.24, 2.45) is 0 Å². The number of carbonyl (C=O) groups is 2. The van der Waals surface area contributed by atoms with Crippen LogP contribution in [0.1, 0.15) is 12.5 Å². The van der Waals surface area contributed by atoms with Crippen LogP contribution in [0.25, 0.3) is 0 Å². The van der Waals surface area contributed by atoms with E-state index in [4.69, 9.17) is 0 Å². The number of para-hydroxylation sites is 1. The predicted octanol–water partition coefficient (Wildman–Crippen LogP) is 3.81. The number of likely N-dealkylation sites (N-methyl/N-ethyl adjacent to an activating group) is 1. The van der Waals surface area contributed by atoms with Gasteiger partial charge in [0.15, 0.2) is 0 Å². The van der Waals surface area contributed by atoms with Gasteiger partial charge in [-0.1, -0.05) is 64.5 Å². The lowest BCUT2D eigenvalue weighted by Crippen LogP contribution is -2.50. The molecule has 0 aliphatic rings. The van der Waals surface area contributed by atoms with Crippen LogP contribution in [-0.2, 0) is 26.2 Å². The van der Waals surface area contributed by atoms with Gasteiger partial charge in [0, 0.05) is 18.1 Å². The molecule has 178 valence electrons. The van der Waals surface area contributed by atoms with Crippen LogP contribution in [0, 0.1) is 0 Å². The van der Waals surface area contributed by atoms with Gasteiger partial charge in [-0.3, -0.25) is 13.9 Å². The van der Waals surface area contributed by atoms with Gasteiger partial charge < -0.3 is 10.2 Å². The highest BCUT2D eigenvalue weighted by molar-refractivity contribution is 9.10. The highest BCUT2D eigenvalue weighted by Gasteiger charge is 2.32. The van der Waals surface area contributed by atoms with Crippen LogP contribution in [0.3, 0.4) is 0 Å². The zero-order valence-corrected chi connectivity index (χ0v) is 21.3. The molecule has 0 heterocycles. The Hall–Kier alpha value is -3.17. The first-order valence-electron chi connectivity index (χ1n) is 10.6. The maximum Gasteiger partial charge on any atom is 0.264 e. The normalized spacial score (nSPS) is 12.0. The lowest BCUT2D eigenvalue weighted by molar-refractivity contribution is -0.139. The predicted molar refractivity (Wildman–Crippen MR) is 136 cm³/mol. The van der Waals surface area contributed by atoms with Crippen LogP contribution < -0.4 is 9.62 Å². The molecule has 0 aromatic heterocycles. The maximum atomic E-state index is 13.6. The number of nitrogens with zero attached hydrogens (tertiary/aromatic N) is 2. The average molecular weight is 544 g/mol. The molecule has 0 aliphatic heterocycles. The average Bonchev–Trinajstić information content (AvgIpc) is 2.85. The number of sulfonamides is 1. The van der Waals surface area contributed by atoms with Crippen LogP contribution in [0.2, 0.25) is 0 Å². The first kappa shape index (κ1) is 25.5. The van der Waals surface area contributed by atoms with Gasteiger partial charge in [0.1, 0.15) is 12.6 Å². The number of carbonyl (C=O) groups excluding carboxylic acids is 2. The second-order valence-corrected chi connectivity index (χ2v) is 10.4. The van der Waals surface area contributed by atoms with Gasteiger partial charge in [0.25, 0.3) is 10.0 Å². The van der Waals surface area contributed by atoms with Gasteiger partial charge in [-0.2, -0.15) is 0 Å². The summed E-state index contributed by atoms with van der Waals surface area (Å²) in [5.41, 5.74) is 1.16. The Bertz CT molecular complexity index is 1240. The second kappa shape index (κ2) is 11.3. The highest BCUT2D eigenvalue weighted by atomic mass is 79.9. The number of amides is 2. The first-order valence-corrected chi connectivity index (χ1v) is 12.9. The number of benzene rings is 3. The largest absolute Gasteiger partial charge is 0.357 e. The van der Waals surface area contributed by atoms with E-state index in [0.29, 0.717) is 5.69 Å². The molecule has 34 heavy (non-hydrogen) atoms. The summed E-state index contributed by atoms with van der Waals surface area (Å²) in [4.78, 5) is 27.5. The Morgan fingerprint density at radius 1 is 0.941 bits per heavy atom. The third-order valence-corrected chi connectivity index (χ3v) is 7.59. The van der Waals surface area contributed by atoms with Crippen molar-refractivity contribution >= 4 is 43.5 Å². The van der Waals surface area contributed by atoms with Crippen LogP contribution in [-0.4, -0.2) is 44.8 Å². The smallest absolute Gasteiger partial charge is 0.264 e. The van der Waals surface area contributed by atoms with Crippen molar-refractivity contribution in [2.45, 2.75) is 24.4 Å². The molecule has 0 bridgehead atoms. The number of hydrogen-bond acceptors (Lipinski definition) is 4. The summed E-state index contributed by atoms with van der Waals surface area (Å²) >= 11 is 3.42. The van der Waals surface area contributed by atoms with Crippen molar-refractivity contribution in [1.82, 2.24) is 10.2 Å². The Morgan fingerprint density at radius 2 is 1.56 bits per heavy atom. The fraction of sp³-hybridized carbons (Fsp3) is 0.200. The van der Waals surface area contributed by atoms with Gasteiger partial charge in [-0.05, 0) is 48.9 Å². The standard InChI is InChI=1S/C25H26BrN3O4S/c1-19(25(31)27-2)28(17-20-10-9-11-21(26)16-20)24(30)18-29(22-12-5-3-6-13-22)34(32,33)23-14-7-4-8-15-23/h3-16,19H,17-18H2,1-2H3,(H,27,31)/t19-/m1/s1. The Balaban J connectivity index is 1.99. The zero-order chi connectivity index (χ0) is 24.7. The van der Waals surface area contributed by atoms with E-state index >= 15 is 0 Å². The van der Waals surface area contributed by atoms with E-state index in [0.717, 1.165) is 14.3 Å². The van der Waals surface area contributed by atoms with Crippen LogP contribution in [0.4, 0.5) is 5.69 Å². The van der Waals surface area contributed by atoms with Crippen LogP contribution in [0.5, 0.6) is 0 Å². The second-order valence-electron chi connectivity index (χ2n) is 7.60. The summed E-state index contributed by atoms with van der Waals surface area (Å²) in [6.45, 7) is 1.30. The zero-order valence-electron chi connectivity index (χ0n) is 18.9. The number of nitrogens with one attached hydrogen (secondary N) is 1. The number of anilines is 1. The van der Waals surface area contributed by atoms with E-state index in [1.807, 2.05) is 24.3 Å². The Morgan fingerprint density at radius 3 is 2.15 bits per heavy atom. The van der Waals surface area contributed by atoms with Gasteiger partial charge >= 0.3 is 0 Å². The quantitative estimate of drug-likeness (QED) is 0.444. The molecule has 9 heteroatoms. The van der Waals surface area contributed by atoms with Crippen molar-refractivity contribution in [2.75, 3.05) is 17.9 Å². The molecule has 3 aromatic rings. The lowest BCUT2D eigenvalue weighted by Gasteiger charge is -2.31. The molecule has 3 rings (SSSR count). The molecule has 1 atom stereocenters. The molecule has 0 radical (unpaired) electrons. The molecule has 1 N–H and O–H groups in total. The molecular weight excluding hydrogens is 518 g/mol. The third kappa shape index (κ3) is 6.03. The van der Waals surface area contributed by atoms with Crippen molar-refractivity contribution < 1.29 is 18.0 Å². The molecule has 0 unspecified atom stereocenters. The van der Waals surface area contributed by atoms with E-state index in [9.17, 15) is 18.0 Å². The lowest BCUT2D eigenvalue weighted by atomic mass is 10.1. The number of halogens is 1. The molecule has 0 fully saturated rings. The van der Waals surface area contributed by atoms with E-state index in [-0.39, 0.29) is 17.3 Å². The molecule has 7 nitrogen and oxygen atoms in total. The van der Waals surface area contributed by atoms with Gasteiger partial charge in [0.05, 0.1) is 10.6 Å². The Labute approximate surface area is 208 Å². The van der Waals surface area contributed by atoms with E-state index in [2.05, 4.69) is 21.2 Å². The van der Waals surface area contributed by atoms with E-state index < -0.39 is 28.5 Å². The fourth-order valence-corrected chi connectivity index (χ4v) is 5.35. The first-order chi connectivity index (χ1) is 16.2. The molecule has 2 amide bonds. The van der Waals surface area contributed by atoms with Crippen LogP contribution >= 0.6 is 15.9 Å². The van der Waals surface area contributed by atoms with E-state index in [1.165, 1.54) is 24.1 Å². The van der Waals surface area contributed by atoms with Crippen molar-refractivity contribution in [3.8, 4) is 0 Å². The fourth-order valence-electron chi connectivity index (χ4n) is 3.47. The summed E-state index contributed by atoms with van der Waals surface area (Å²) in [7, 11) is -2.54. The summed E-state index contributed by atoms with van der Waals surface area (Å²) < 4.78 is 29.0. The molecular formula is C25H26BrN3O4S. The summed E-state index contributed by atoms with van der Waals surface area (Å²) in [6, 6.07) is 23.0. The SMILES string of the molecule is CNC(=O)[C@@H](C)N(Cc1cccc(Br)c1)C(=O)CN(c1ccccc1)S(=O)(=O)c1ccccc1. The minimum Gasteiger partial charge on any atom is -0.357 e. The highest BCUT2D eigenvalue weighted by Crippen LogP contribution is 2.24. The van der Waals surface area contributed by atoms with Crippen molar-refractivity contribution in [1.29, 1.82) is 0 Å². The summed E-state index contributed by atoms with van der Waals surface area (Å²) in [6.07, 6.45) is 0. The molecule has 3 aromatic carbocycles. The van der Waals surface area contributed by atoms with Crippen LogP contribution in [0.15, 0.2) is 94.3 Å². The summed E-state index contributed by atoms with van der Waals surface area (Å²) in [5.74, 6) is -0.847. The van der Waals surface area contributed by atoms with E-state index in [1.54, 1.807) is 55.5 Å². The van der Waals surface area contributed by atoms with Gasteiger partial charge in [0.2, 0.25) is 11.8 Å². The van der Waals surface area contributed by atoms with Crippen molar-refractivity contribution in [3.63, 3.8) is 0 Å². The van der Waals surface area contributed by atoms with Gasteiger partial charge in [-0.15, -0.1) is 0 Å². The molecule has 0 aliphatic carbocycles. The minimum atomic E-state index is -4.04.